The minimum Gasteiger partial charge on any atom is -0.488 e. The Balaban J connectivity index is 2.22. The molecule has 0 heterocycles. The number of guanidine groups is 1. The maximum Gasteiger partial charge on any atom is 0.243 e. The Kier molecular flexibility index (Phi) is 12.8. The summed E-state index contributed by atoms with van der Waals surface area (Å²) in [4.78, 5) is 42.9. The Morgan fingerprint density at radius 2 is 1.36 bits per heavy atom. The van der Waals surface area contributed by atoms with Crippen LogP contribution in [0, 0.1) is 5.92 Å². The average molecular weight is 581 g/mol. The molecule has 0 aliphatic carbocycles. The Morgan fingerprint density at radius 3 is 1.88 bits per heavy atom. The van der Waals surface area contributed by atoms with Crippen molar-refractivity contribution in [3.8, 4) is 5.75 Å². The molecule has 0 saturated carbocycles. The van der Waals surface area contributed by atoms with Gasteiger partial charge in [0.1, 0.15) is 23.4 Å². The first-order valence-electron chi connectivity index (χ1n) is 14.5. The van der Waals surface area contributed by atoms with Gasteiger partial charge in [-0.3, -0.25) is 19.4 Å². The zero-order valence-electron chi connectivity index (χ0n) is 25.8. The number of ether oxygens (including phenoxy) is 1. The molecule has 2 aromatic carbocycles. The summed E-state index contributed by atoms with van der Waals surface area (Å²) in [6.45, 7) is 12.3. The summed E-state index contributed by atoms with van der Waals surface area (Å²) in [5, 5.41) is 5.61. The van der Waals surface area contributed by atoms with E-state index in [-0.39, 0.29) is 30.3 Å². The second-order valence-electron chi connectivity index (χ2n) is 12.1. The molecule has 2 rings (SSSR count). The van der Waals surface area contributed by atoms with Gasteiger partial charge in [0, 0.05) is 13.0 Å². The summed E-state index contributed by atoms with van der Waals surface area (Å²) < 4.78 is 5.90. The highest BCUT2D eigenvalue weighted by atomic mass is 16.5. The van der Waals surface area contributed by atoms with E-state index in [0.717, 1.165) is 17.5 Å². The molecule has 230 valence electrons. The fraction of sp³-hybridized carbons (Fsp3) is 0.500. The molecule has 0 spiro atoms. The maximum absolute atomic E-state index is 13.5. The van der Waals surface area contributed by atoms with Crippen LogP contribution in [-0.4, -0.2) is 47.9 Å². The van der Waals surface area contributed by atoms with Crippen molar-refractivity contribution < 1.29 is 19.1 Å². The molecule has 0 saturated heterocycles. The second-order valence-corrected chi connectivity index (χ2v) is 12.1. The lowest BCUT2D eigenvalue weighted by Crippen LogP contribution is -2.54. The van der Waals surface area contributed by atoms with Gasteiger partial charge in [0.25, 0.3) is 0 Å². The van der Waals surface area contributed by atoms with Crippen molar-refractivity contribution in [3.05, 3.63) is 65.2 Å². The monoisotopic (exact) mass is 580 g/mol. The maximum atomic E-state index is 13.5. The molecule has 0 aromatic heterocycles. The van der Waals surface area contributed by atoms with Crippen LogP contribution in [0.2, 0.25) is 0 Å². The number of benzene rings is 2. The van der Waals surface area contributed by atoms with Gasteiger partial charge in [0.15, 0.2) is 5.96 Å². The standard InChI is InChI=1S/C32H48N6O4/c1-20(2)18-22-9-13-24(14-10-22)21(3)29(40)38-27(19-23-11-15-25(16-12-23)42-32(4,5)6)30(41)37-26(28(33)39)8-7-17-36-31(34)35/h9-16,20-21,26-27H,7-8,17-19H2,1-6H3,(H2,33,39)(H,37,41)(H,38,40)(H4,34,35,36)/t21-,26-,27-/m0/s1. The van der Waals surface area contributed by atoms with E-state index in [0.29, 0.717) is 24.6 Å². The number of nitrogens with one attached hydrogen (secondary N) is 2. The summed E-state index contributed by atoms with van der Waals surface area (Å²) >= 11 is 0. The van der Waals surface area contributed by atoms with Crippen molar-refractivity contribution in [1.29, 1.82) is 0 Å². The summed E-state index contributed by atoms with van der Waals surface area (Å²) in [5.41, 5.74) is 18.8. The highest BCUT2D eigenvalue weighted by molar-refractivity contribution is 5.93. The summed E-state index contributed by atoms with van der Waals surface area (Å²) in [6.07, 6.45) is 1.83. The molecule has 42 heavy (non-hydrogen) atoms. The third-order valence-corrected chi connectivity index (χ3v) is 6.54. The first kappa shape index (κ1) is 34.1. The van der Waals surface area contributed by atoms with Crippen molar-refractivity contribution in [1.82, 2.24) is 10.6 Å². The third kappa shape index (κ3) is 12.2. The lowest BCUT2D eigenvalue weighted by molar-refractivity contribution is -0.131. The molecule has 0 fully saturated rings. The Labute approximate surface area is 249 Å². The van der Waals surface area contributed by atoms with Crippen LogP contribution in [0.5, 0.6) is 5.75 Å². The van der Waals surface area contributed by atoms with Crippen LogP contribution < -0.4 is 32.6 Å². The molecule has 0 aliphatic heterocycles. The van der Waals surface area contributed by atoms with Crippen molar-refractivity contribution >= 4 is 23.7 Å². The van der Waals surface area contributed by atoms with Gasteiger partial charge in [0.2, 0.25) is 17.7 Å². The van der Waals surface area contributed by atoms with E-state index in [1.165, 1.54) is 5.56 Å². The predicted molar refractivity (Wildman–Crippen MR) is 167 cm³/mol. The number of nitrogens with two attached hydrogens (primary N) is 3. The topological polar surface area (TPSA) is 175 Å². The van der Waals surface area contributed by atoms with Crippen LogP contribution in [0.4, 0.5) is 0 Å². The molecule has 3 atom stereocenters. The number of carbonyl (C=O) groups is 3. The zero-order valence-corrected chi connectivity index (χ0v) is 25.8. The summed E-state index contributed by atoms with van der Waals surface area (Å²) in [7, 11) is 0. The van der Waals surface area contributed by atoms with Gasteiger partial charge in [0.05, 0.1) is 5.92 Å². The Bertz CT molecular complexity index is 1200. The molecule has 0 aliphatic rings. The predicted octanol–water partition coefficient (Wildman–Crippen LogP) is 2.92. The number of hydrogen-bond acceptors (Lipinski definition) is 5. The average Bonchev–Trinajstić information content (AvgIpc) is 2.89. The summed E-state index contributed by atoms with van der Waals surface area (Å²) in [6, 6.07) is 13.4. The number of aliphatic imine (C=N–C) groups is 1. The number of primary amides is 1. The van der Waals surface area contributed by atoms with Gasteiger partial charge in [-0.05, 0) is 81.7 Å². The van der Waals surface area contributed by atoms with E-state index >= 15 is 0 Å². The van der Waals surface area contributed by atoms with Gasteiger partial charge in [-0.15, -0.1) is 0 Å². The lowest BCUT2D eigenvalue weighted by Gasteiger charge is -2.24. The molecule has 2 aromatic rings. The number of carbonyl (C=O) groups excluding carboxylic acids is 3. The van der Waals surface area contributed by atoms with E-state index in [1.54, 1.807) is 6.92 Å². The van der Waals surface area contributed by atoms with E-state index in [1.807, 2.05) is 69.3 Å². The molecule has 10 heteroatoms. The fourth-order valence-corrected chi connectivity index (χ4v) is 4.42. The highest BCUT2D eigenvalue weighted by Gasteiger charge is 2.28. The van der Waals surface area contributed by atoms with E-state index in [9.17, 15) is 14.4 Å². The third-order valence-electron chi connectivity index (χ3n) is 6.54. The minimum atomic E-state index is -0.950. The van der Waals surface area contributed by atoms with Gasteiger partial charge < -0.3 is 32.6 Å². The number of hydrogen-bond donors (Lipinski definition) is 5. The van der Waals surface area contributed by atoms with E-state index < -0.39 is 29.8 Å². The van der Waals surface area contributed by atoms with Gasteiger partial charge in [-0.25, -0.2) is 0 Å². The van der Waals surface area contributed by atoms with Gasteiger partial charge >= 0.3 is 0 Å². The number of rotatable bonds is 15. The smallest absolute Gasteiger partial charge is 0.243 e. The first-order chi connectivity index (χ1) is 19.6. The van der Waals surface area contributed by atoms with Gasteiger partial charge in [-0.1, -0.05) is 50.2 Å². The SMILES string of the molecule is CC(C)Cc1ccc([C@H](C)C(=O)N[C@@H](Cc2ccc(OC(C)(C)C)cc2)C(=O)N[C@@H](CCCN=C(N)N)C(N)=O)cc1. The lowest BCUT2D eigenvalue weighted by atomic mass is 9.95. The van der Waals surface area contributed by atoms with Crippen LogP contribution in [0.3, 0.4) is 0 Å². The van der Waals surface area contributed by atoms with Crippen LogP contribution >= 0.6 is 0 Å². The largest absolute Gasteiger partial charge is 0.488 e. The van der Waals surface area contributed by atoms with Crippen LogP contribution in [0.25, 0.3) is 0 Å². The molecule has 3 amide bonds. The molecule has 8 N–H and O–H groups in total. The summed E-state index contributed by atoms with van der Waals surface area (Å²) in [5.74, 6) is -0.827. The van der Waals surface area contributed by atoms with E-state index in [2.05, 4.69) is 29.5 Å². The molecule has 0 bridgehead atoms. The molecule has 0 unspecified atom stereocenters. The van der Waals surface area contributed by atoms with Crippen molar-refractivity contribution in [3.63, 3.8) is 0 Å². The number of nitrogens with zero attached hydrogens (tertiary/aromatic N) is 1. The Hall–Kier alpha value is -4.08. The second kappa shape index (κ2) is 15.8. The van der Waals surface area contributed by atoms with Crippen molar-refractivity contribution in [2.75, 3.05) is 6.54 Å². The zero-order chi connectivity index (χ0) is 31.4. The van der Waals surface area contributed by atoms with Crippen LogP contribution in [-0.2, 0) is 27.2 Å². The minimum absolute atomic E-state index is 0.0555. The molecule has 10 nitrogen and oxygen atoms in total. The quantitative estimate of drug-likeness (QED) is 0.123. The first-order valence-corrected chi connectivity index (χ1v) is 14.5. The fourth-order valence-electron chi connectivity index (χ4n) is 4.42. The van der Waals surface area contributed by atoms with Crippen molar-refractivity contribution in [2.45, 2.75) is 90.8 Å². The van der Waals surface area contributed by atoms with Crippen LogP contribution in [0.15, 0.2) is 53.5 Å². The molecule has 0 radical (unpaired) electrons. The molecular weight excluding hydrogens is 532 g/mol. The van der Waals surface area contributed by atoms with E-state index in [4.69, 9.17) is 21.9 Å². The van der Waals surface area contributed by atoms with Crippen molar-refractivity contribution in [2.24, 2.45) is 28.1 Å². The molecular formula is C32H48N6O4. The van der Waals surface area contributed by atoms with Crippen LogP contribution in [0.1, 0.15) is 77.0 Å². The normalized spacial score (nSPS) is 13.5. The number of amides is 3. The van der Waals surface area contributed by atoms with Gasteiger partial charge in [-0.2, -0.15) is 0 Å². The highest BCUT2D eigenvalue weighted by Crippen LogP contribution is 2.21. The Morgan fingerprint density at radius 1 is 0.810 bits per heavy atom.